The SMILES string of the molecule is COCC(=O)N(Cc1cccc(OS(=O)(=O)c2ccccc2C(=O)OC(C)C)c1)C(C)C. The van der Waals surface area contributed by atoms with Crippen LogP contribution in [0.4, 0.5) is 0 Å². The van der Waals surface area contributed by atoms with Crippen LogP contribution in [0.15, 0.2) is 53.4 Å². The molecule has 2 rings (SSSR count). The fraction of sp³-hybridized carbons (Fsp3) is 0.391. The number of nitrogens with zero attached hydrogens (tertiary/aromatic N) is 1. The predicted octanol–water partition coefficient (Wildman–Crippen LogP) is 3.40. The Hall–Kier alpha value is -2.91. The molecule has 0 unspecified atom stereocenters. The molecule has 0 fully saturated rings. The molecule has 2 aromatic rings. The van der Waals surface area contributed by atoms with Gasteiger partial charge in [-0.25, -0.2) is 4.79 Å². The largest absolute Gasteiger partial charge is 0.459 e. The van der Waals surface area contributed by atoms with Crippen molar-refractivity contribution >= 4 is 22.0 Å². The number of rotatable bonds is 10. The fourth-order valence-corrected chi connectivity index (χ4v) is 4.07. The van der Waals surface area contributed by atoms with Gasteiger partial charge in [-0.15, -0.1) is 0 Å². The second-order valence-electron chi connectivity index (χ2n) is 7.68. The van der Waals surface area contributed by atoms with Gasteiger partial charge in [0.05, 0.1) is 11.7 Å². The first-order valence-electron chi connectivity index (χ1n) is 10.2. The molecule has 9 heteroatoms. The maximum Gasteiger partial charge on any atom is 0.340 e. The van der Waals surface area contributed by atoms with Crippen molar-refractivity contribution in [3.05, 3.63) is 59.7 Å². The minimum Gasteiger partial charge on any atom is -0.459 e. The molecule has 0 aliphatic carbocycles. The van der Waals surface area contributed by atoms with E-state index in [1.807, 2.05) is 13.8 Å². The van der Waals surface area contributed by atoms with Crippen LogP contribution in [-0.2, 0) is 30.9 Å². The molecule has 0 aliphatic rings. The van der Waals surface area contributed by atoms with Crippen LogP contribution in [0.2, 0.25) is 0 Å². The molecule has 0 aliphatic heterocycles. The number of carbonyl (C=O) groups excluding carboxylic acids is 2. The summed E-state index contributed by atoms with van der Waals surface area (Å²) in [6.45, 7) is 7.32. The molecule has 8 nitrogen and oxygen atoms in total. The summed E-state index contributed by atoms with van der Waals surface area (Å²) in [6, 6.07) is 12.1. The normalized spacial score (nSPS) is 11.5. The van der Waals surface area contributed by atoms with Crippen molar-refractivity contribution in [2.45, 2.75) is 51.3 Å². The van der Waals surface area contributed by atoms with Gasteiger partial charge < -0.3 is 18.6 Å². The summed E-state index contributed by atoms with van der Waals surface area (Å²) in [7, 11) is -2.86. The van der Waals surface area contributed by atoms with Crippen LogP contribution in [0.3, 0.4) is 0 Å². The average Bonchev–Trinajstić information content (AvgIpc) is 2.71. The van der Waals surface area contributed by atoms with Gasteiger partial charge in [0.1, 0.15) is 17.3 Å². The van der Waals surface area contributed by atoms with Crippen LogP contribution in [0.1, 0.15) is 43.6 Å². The molecule has 0 radical (unpaired) electrons. The number of methoxy groups -OCH3 is 1. The molecule has 0 bridgehead atoms. The van der Waals surface area contributed by atoms with E-state index >= 15 is 0 Å². The van der Waals surface area contributed by atoms with Crippen LogP contribution in [0.5, 0.6) is 5.75 Å². The molecule has 0 heterocycles. The lowest BCUT2D eigenvalue weighted by molar-refractivity contribution is -0.137. The smallest absolute Gasteiger partial charge is 0.340 e. The lowest BCUT2D eigenvalue weighted by atomic mass is 10.2. The highest BCUT2D eigenvalue weighted by Crippen LogP contribution is 2.24. The number of benzene rings is 2. The first-order valence-corrected chi connectivity index (χ1v) is 11.6. The highest BCUT2D eigenvalue weighted by Gasteiger charge is 2.26. The highest BCUT2D eigenvalue weighted by molar-refractivity contribution is 7.87. The van der Waals surface area contributed by atoms with Gasteiger partial charge >= 0.3 is 16.1 Å². The quantitative estimate of drug-likeness (QED) is 0.393. The minimum absolute atomic E-state index is 0.0496. The van der Waals surface area contributed by atoms with Gasteiger partial charge in [-0.3, -0.25) is 4.79 Å². The van der Waals surface area contributed by atoms with E-state index in [0.717, 1.165) is 0 Å². The van der Waals surface area contributed by atoms with Gasteiger partial charge in [-0.05, 0) is 57.5 Å². The van der Waals surface area contributed by atoms with Crippen LogP contribution in [0, 0.1) is 0 Å². The number of carbonyl (C=O) groups is 2. The predicted molar refractivity (Wildman–Crippen MR) is 119 cm³/mol. The lowest BCUT2D eigenvalue weighted by Crippen LogP contribution is -2.38. The van der Waals surface area contributed by atoms with Crippen LogP contribution < -0.4 is 4.18 Å². The summed E-state index contributed by atoms with van der Waals surface area (Å²) in [6.07, 6.45) is -0.402. The third-order valence-electron chi connectivity index (χ3n) is 4.39. The lowest BCUT2D eigenvalue weighted by Gasteiger charge is -2.26. The topological polar surface area (TPSA) is 99.2 Å². The Kier molecular flexibility index (Phi) is 8.80. The summed E-state index contributed by atoms with van der Waals surface area (Å²) in [4.78, 5) is 26.0. The van der Waals surface area contributed by atoms with Crippen LogP contribution in [-0.4, -0.2) is 51.1 Å². The van der Waals surface area contributed by atoms with Crippen molar-refractivity contribution in [1.82, 2.24) is 4.90 Å². The van der Waals surface area contributed by atoms with E-state index in [2.05, 4.69) is 0 Å². The average molecular weight is 464 g/mol. The molecule has 0 saturated heterocycles. The zero-order valence-corrected chi connectivity index (χ0v) is 19.7. The molecular weight excluding hydrogens is 434 g/mol. The molecule has 2 aromatic carbocycles. The number of esters is 1. The van der Waals surface area contributed by atoms with E-state index in [9.17, 15) is 18.0 Å². The zero-order chi connectivity index (χ0) is 23.9. The molecule has 0 spiro atoms. The standard InChI is InChI=1S/C23H29NO7S/c1-16(2)24(22(25)15-29-5)14-18-9-8-10-19(13-18)31-32(27,28)21-12-7-6-11-20(21)23(26)30-17(3)4/h6-13,16-17H,14-15H2,1-5H3. The third-order valence-corrected chi connectivity index (χ3v) is 5.69. The van der Waals surface area contributed by atoms with Crippen molar-refractivity contribution in [2.24, 2.45) is 0 Å². The van der Waals surface area contributed by atoms with Crippen LogP contribution >= 0.6 is 0 Å². The third kappa shape index (κ3) is 6.80. The second kappa shape index (κ2) is 11.1. The van der Waals surface area contributed by atoms with Gasteiger partial charge in [0.15, 0.2) is 0 Å². The molecule has 0 atom stereocenters. The number of hydrogen-bond donors (Lipinski definition) is 0. The Balaban J connectivity index is 2.29. The number of hydrogen-bond acceptors (Lipinski definition) is 7. The summed E-state index contributed by atoms with van der Waals surface area (Å²) >= 11 is 0. The van der Waals surface area contributed by atoms with Crippen molar-refractivity contribution in [2.75, 3.05) is 13.7 Å². The fourth-order valence-electron chi connectivity index (χ4n) is 2.96. The minimum atomic E-state index is -4.31. The number of ether oxygens (including phenoxy) is 2. The van der Waals surface area contributed by atoms with Crippen molar-refractivity contribution < 1.29 is 31.7 Å². The number of amides is 1. The van der Waals surface area contributed by atoms with E-state index < -0.39 is 22.2 Å². The first kappa shape index (κ1) is 25.4. The van der Waals surface area contributed by atoms with E-state index in [1.165, 1.54) is 31.4 Å². The Bertz CT molecular complexity index is 1050. The van der Waals surface area contributed by atoms with Crippen molar-refractivity contribution in [3.8, 4) is 5.75 Å². The Labute approximate surface area is 189 Å². The van der Waals surface area contributed by atoms with E-state index in [-0.39, 0.29) is 41.3 Å². The molecule has 0 saturated carbocycles. The molecule has 0 N–H and O–H groups in total. The van der Waals surface area contributed by atoms with Crippen molar-refractivity contribution in [3.63, 3.8) is 0 Å². The second-order valence-corrected chi connectivity index (χ2v) is 9.20. The summed E-state index contributed by atoms with van der Waals surface area (Å²) < 4.78 is 41.3. The molecule has 1 amide bonds. The zero-order valence-electron chi connectivity index (χ0n) is 18.9. The van der Waals surface area contributed by atoms with Gasteiger partial charge in [-0.2, -0.15) is 8.42 Å². The van der Waals surface area contributed by atoms with Crippen LogP contribution in [0.25, 0.3) is 0 Å². The Morgan fingerprint density at radius 3 is 2.31 bits per heavy atom. The molecule has 0 aromatic heterocycles. The maximum atomic E-state index is 12.9. The van der Waals surface area contributed by atoms with Gasteiger partial charge in [0.2, 0.25) is 5.91 Å². The van der Waals surface area contributed by atoms with Gasteiger partial charge in [0.25, 0.3) is 0 Å². The Morgan fingerprint density at radius 2 is 1.69 bits per heavy atom. The Morgan fingerprint density at radius 1 is 1.00 bits per heavy atom. The van der Waals surface area contributed by atoms with Gasteiger partial charge in [-0.1, -0.05) is 24.3 Å². The summed E-state index contributed by atoms with van der Waals surface area (Å²) in [5.41, 5.74) is 0.580. The van der Waals surface area contributed by atoms with Gasteiger partial charge in [0, 0.05) is 19.7 Å². The molecular formula is C23H29NO7S. The molecule has 174 valence electrons. The molecule has 32 heavy (non-hydrogen) atoms. The summed E-state index contributed by atoms with van der Waals surface area (Å²) in [5, 5.41) is 0. The monoisotopic (exact) mass is 463 g/mol. The van der Waals surface area contributed by atoms with E-state index in [4.69, 9.17) is 13.7 Å². The maximum absolute atomic E-state index is 12.9. The highest BCUT2D eigenvalue weighted by atomic mass is 32.2. The summed E-state index contributed by atoms with van der Waals surface area (Å²) in [5.74, 6) is -0.864. The van der Waals surface area contributed by atoms with E-state index in [1.54, 1.807) is 43.0 Å². The first-order chi connectivity index (χ1) is 15.0. The van der Waals surface area contributed by atoms with Crippen molar-refractivity contribution in [1.29, 1.82) is 0 Å². The van der Waals surface area contributed by atoms with E-state index in [0.29, 0.717) is 5.56 Å².